The average molecular weight is 342 g/mol. The van der Waals surface area contributed by atoms with Crippen molar-refractivity contribution in [1.82, 2.24) is 19.9 Å². The molecule has 130 valence electrons. The van der Waals surface area contributed by atoms with Gasteiger partial charge in [-0.1, -0.05) is 0 Å². The van der Waals surface area contributed by atoms with Crippen molar-refractivity contribution in [3.05, 3.63) is 35.1 Å². The molecular weight excluding hydrogens is 325 g/mol. The van der Waals surface area contributed by atoms with Gasteiger partial charge in [-0.05, 0) is 19.8 Å². The van der Waals surface area contributed by atoms with E-state index in [-0.39, 0.29) is 23.4 Å². The Balaban J connectivity index is 1.76. The minimum atomic E-state index is -4.45. The smallest absolute Gasteiger partial charge is 0.432 e. The van der Waals surface area contributed by atoms with Gasteiger partial charge in [-0.3, -0.25) is 4.79 Å². The second-order valence-corrected chi connectivity index (χ2v) is 5.92. The number of hydrogen-bond acceptors (Lipinski definition) is 4. The number of hydrogen-bond donors (Lipinski definition) is 1. The maximum atomic E-state index is 12.7. The van der Waals surface area contributed by atoms with Crippen molar-refractivity contribution in [2.45, 2.75) is 38.8 Å². The summed E-state index contributed by atoms with van der Waals surface area (Å²) in [5.41, 5.74) is -0.361. The molecule has 3 rings (SSSR count). The minimum absolute atomic E-state index is 0.184. The summed E-state index contributed by atoms with van der Waals surface area (Å²) < 4.78 is 43.4. The van der Waals surface area contributed by atoms with Crippen LogP contribution in [0.15, 0.2) is 10.6 Å². The highest BCUT2D eigenvalue weighted by Gasteiger charge is 2.35. The largest absolute Gasteiger partial charge is 0.436 e. The van der Waals surface area contributed by atoms with Crippen molar-refractivity contribution in [2.24, 2.45) is 0 Å². The van der Waals surface area contributed by atoms with Crippen molar-refractivity contribution < 1.29 is 22.4 Å². The molecule has 0 spiro atoms. The lowest BCUT2D eigenvalue weighted by Crippen LogP contribution is -2.39. The van der Waals surface area contributed by atoms with E-state index in [1.165, 1.54) is 0 Å². The number of oxazole rings is 1. The fourth-order valence-electron chi connectivity index (χ4n) is 2.95. The number of halogens is 3. The van der Waals surface area contributed by atoms with Gasteiger partial charge in [0.1, 0.15) is 11.5 Å². The van der Waals surface area contributed by atoms with Crippen LogP contribution in [-0.4, -0.2) is 38.8 Å². The van der Waals surface area contributed by atoms with Gasteiger partial charge < -0.3 is 14.3 Å². The highest BCUT2D eigenvalue weighted by Crippen LogP contribution is 2.31. The summed E-state index contributed by atoms with van der Waals surface area (Å²) >= 11 is 0. The Morgan fingerprint density at radius 2 is 2.17 bits per heavy atom. The lowest BCUT2D eigenvalue weighted by Gasteiger charge is -2.31. The molecule has 0 aromatic carbocycles. The Labute approximate surface area is 136 Å². The number of likely N-dealkylation sites (tertiary alicyclic amines) is 1. The van der Waals surface area contributed by atoms with Gasteiger partial charge in [0.2, 0.25) is 5.76 Å². The first-order valence-electron chi connectivity index (χ1n) is 7.61. The van der Waals surface area contributed by atoms with Crippen LogP contribution in [0.1, 0.15) is 52.4 Å². The normalized spacial score (nSPS) is 18.9. The third kappa shape index (κ3) is 3.15. The van der Waals surface area contributed by atoms with Crippen LogP contribution in [0, 0.1) is 13.8 Å². The lowest BCUT2D eigenvalue weighted by molar-refractivity contribution is -0.141. The molecule has 1 aliphatic heterocycles. The van der Waals surface area contributed by atoms with Crippen LogP contribution in [0.5, 0.6) is 0 Å². The Morgan fingerprint density at radius 3 is 2.75 bits per heavy atom. The molecule has 3 heterocycles. The predicted octanol–water partition coefficient (Wildman–Crippen LogP) is 3.05. The lowest BCUT2D eigenvalue weighted by atomic mass is 9.97. The van der Waals surface area contributed by atoms with Gasteiger partial charge in [-0.15, -0.1) is 0 Å². The number of carbonyl (C=O) groups excluding carboxylic acids is 1. The Bertz CT molecular complexity index is 750. The quantitative estimate of drug-likeness (QED) is 0.910. The van der Waals surface area contributed by atoms with E-state index in [9.17, 15) is 18.0 Å². The van der Waals surface area contributed by atoms with Crippen LogP contribution in [0.4, 0.5) is 13.2 Å². The highest BCUT2D eigenvalue weighted by molar-refractivity contribution is 5.92. The molecule has 0 saturated carbocycles. The fraction of sp³-hybridized carbons (Fsp3) is 0.533. The number of imidazole rings is 1. The minimum Gasteiger partial charge on any atom is -0.436 e. The zero-order valence-corrected chi connectivity index (χ0v) is 13.3. The SMILES string of the molecule is Cc1nc(C)c(C(=O)N2CCC[C@H](c3ncc(C(F)(F)F)[nH]3)C2)o1. The molecule has 9 heteroatoms. The molecule has 6 nitrogen and oxygen atoms in total. The van der Waals surface area contributed by atoms with E-state index < -0.39 is 11.9 Å². The van der Waals surface area contributed by atoms with Crippen LogP contribution in [0.2, 0.25) is 0 Å². The van der Waals surface area contributed by atoms with Crippen molar-refractivity contribution in [3.63, 3.8) is 0 Å². The van der Waals surface area contributed by atoms with Crippen LogP contribution in [0.25, 0.3) is 0 Å². The van der Waals surface area contributed by atoms with E-state index in [4.69, 9.17) is 4.42 Å². The summed E-state index contributed by atoms with van der Waals surface area (Å²) in [5.74, 6) is 0.294. The van der Waals surface area contributed by atoms with Crippen molar-refractivity contribution in [2.75, 3.05) is 13.1 Å². The number of alkyl halides is 3. The number of H-pyrrole nitrogens is 1. The molecule has 2 aromatic rings. The highest BCUT2D eigenvalue weighted by atomic mass is 19.4. The molecule has 0 unspecified atom stereocenters. The van der Waals surface area contributed by atoms with Crippen LogP contribution in [0.3, 0.4) is 0 Å². The average Bonchev–Trinajstić information content (AvgIpc) is 3.13. The number of aryl methyl sites for hydroxylation is 2. The second-order valence-electron chi connectivity index (χ2n) is 5.92. The molecule has 0 bridgehead atoms. The number of piperidine rings is 1. The first kappa shape index (κ1) is 16.5. The monoisotopic (exact) mass is 342 g/mol. The summed E-state index contributed by atoms with van der Waals surface area (Å²) in [4.78, 5) is 24.4. The van der Waals surface area contributed by atoms with E-state index in [0.717, 1.165) is 6.20 Å². The van der Waals surface area contributed by atoms with Gasteiger partial charge >= 0.3 is 6.18 Å². The van der Waals surface area contributed by atoms with E-state index in [1.807, 2.05) is 0 Å². The van der Waals surface area contributed by atoms with Crippen molar-refractivity contribution in [1.29, 1.82) is 0 Å². The number of nitrogens with zero attached hydrogens (tertiary/aromatic N) is 3. The maximum Gasteiger partial charge on any atom is 0.432 e. The van der Waals surface area contributed by atoms with Gasteiger partial charge in [-0.25, -0.2) is 9.97 Å². The Kier molecular flexibility index (Phi) is 4.10. The zero-order valence-electron chi connectivity index (χ0n) is 13.3. The van der Waals surface area contributed by atoms with E-state index in [0.29, 0.717) is 37.5 Å². The summed E-state index contributed by atoms with van der Waals surface area (Å²) in [7, 11) is 0. The zero-order chi connectivity index (χ0) is 17.5. The first-order chi connectivity index (χ1) is 11.3. The number of carbonyl (C=O) groups is 1. The molecule has 1 saturated heterocycles. The summed E-state index contributed by atoms with van der Waals surface area (Å²) in [6, 6.07) is 0. The molecule has 0 aliphatic carbocycles. The summed E-state index contributed by atoms with van der Waals surface area (Å²) in [6.07, 6.45) is -2.31. The summed E-state index contributed by atoms with van der Waals surface area (Å²) in [5, 5.41) is 0. The van der Waals surface area contributed by atoms with E-state index in [2.05, 4.69) is 15.0 Å². The molecule has 24 heavy (non-hydrogen) atoms. The molecule has 1 amide bonds. The van der Waals surface area contributed by atoms with E-state index in [1.54, 1.807) is 18.7 Å². The summed E-state index contributed by atoms with van der Waals surface area (Å²) in [6.45, 7) is 4.17. The van der Waals surface area contributed by atoms with E-state index >= 15 is 0 Å². The third-order valence-corrected chi connectivity index (χ3v) is 4.09. The number of aromatic nitrogens is 3. The number of nitrogens with one attached hydrogen (secondary N) is 1. The van der Waals surface area contributed by atoms with Crippen molar-refractivity contribution in [3.8, 4) is 0 Å². The van der Waals surface area contributed by atoms with Crippen LogP contribution < -0.4 is 0 Å². The van der Waals surface area contributed by atoms with Crippen molar-refractivity contribution >= 4 is 5.91 Å². The molecular formula is C15H17F3N4O2. The second kappa shape index (κ2) is 5.95. The van der Waals surface area contributed by atoms with Gasteiger partial charge in [0, 0.05) is 25.9 Å². The standard InChI is InChI=1S/C15H17F3N4O2/c1-8-12(24-9(2)20-8)14(23)22-5-3-4-10(7-22)13-19-6-11(21-13)15(16,17)18/h6,10H,3-5,7H2,1-2H3,(H,19,21)/t10-/m0/s1. The molecule has 1 fully saturated rings. The van der Waals surface area contributed by atoms with Gasteiger partial charge in [0.25, 0.3) is 5.91 Å². The van der Waals surface area contributed by atoms with Crippen LogP contribution >= 0.6 is 0 Å². The first-order valence-corrected chi connectivity index (χ1v) is 7.61. The van der Waals surface area contributed by atoms with Crippen LogP contribution in [-0.2, 0) is 6.18 Å². The topological polar surface area (TPSA) is 75.0 Å². The molecule has 1 aliphatic rings. The molecule has 1 atom stereocenters. The number of amides is 1. The number of rotatable bonds is 2. The molecule has 1 N–H and O–H groups in total. The molecule has 2 aromatic heterocycles. The fourth-order valence-corrected chi connectivity index (χ4v) is 2.95. The van der Waals surface area contributed by atoms with Gasteiger partial charge in [0.15, 0.2) is 5.89 Å². The third-order valence-electron chi connectivity index (χ3n) is 4.09. The number of aromatic amines is 1. The predicted molar refractivity (Wildman–Crippen MR) is 77.4 cm³/mol. The maximum absolute atomic E-state index is 12.7. The Morgan fingerprint density at radius 1 is 1.42 bits per heavy atom. The molecule has 0 radical (unpaired) electrons. The Hall–Kier alpha value is -2.32. The van der Waals surface area contributed by atoms with Gasteiger partial charge in [0.05, 0.1) is 11.9 Å². The van der Waals surface area contributed by atoms with Gasteiger partial charge in [-0.2, -0.15) is 13.2 Å².